The Bertz CT molecular complexity index is 436. The molecule has 96 valence electrons. The van der Waals surface area contributed by atoms with Crippen LogP contribution in [0.4, 0.5) is 0 Å². The van der Waals surface area contributed by atoms with Crippen LogP contribution in [0.1, 0.15) is 5.56 Å². The van der Waals surface area contributed by atoms with Crippen LogP contribution in [0.2, 0.25) is 5.02 Å². The summed E-state index contributed by atoms with van der Waals surface area (Å²) in [6.45, 7) is 0.396. The Kier molecular flexibility index (Phi) is 5.70. The maximum Gasteiger partial charge on any atom is 0.323 e. The third-order valence-corrected chi connectivity index (χ3v) is 2.94. The van der Waals surface area contributed by atoms with E-state index in [0.717, 1.165) is 5.56 Å². The Labute approximate surface area is 113 Å². The number of esters is 1. The molecule has 0 heterocycles. The van der Waals surface area contributed by atoms with Crippen molar-refractivity contribution >= 4 is 17.6 Å². The molecule has 4 heteroatoms. The van der Waals surface area contributed by atoms with Gasteiger partial charge in [0, 0.05) is 5.02 Å². The fourth-order valence-electron chi connectivity index (χ4n) is 1.65. The number of rotatable bonds is 5. The second-order valence-corrected chi connectivity index (χ2v) is 4.43. The second kappa shape index (κ2) is 7.05. The Balaban J connectivity index is 2.81. The van der Waals surface area contributed by atoms with E-state index in [1.54, 1.807) is 24.1 Å². The molecular weight excluding hydrogens is 250 g/mol. The topological polar surface area (TPSA) is 29.5 Å². The van der Waals surface area contributed by atoms with Crippen molar-refractivity contribution in [2.75, 3.05) is 20.7 Å². The summed E-state index contributed by atoms with van der Waals surface area (Å²) >= 11 is 5.82. The van der Waals surface area contributed by atoms with Crippen molar-refractivity contribution in [3.63, 3.8) is 0 Å². The second-order valence-electron chi connectivity index (χ2n) is 3.99. The highest BCUT2D eigenvalue weighted by Gasteiger charge is 2.23. The van der Waals surface area contributed by atoms with E-state index in [4.69, 9.17) is 22.8 Å². The average Bonchev–Trinajstić information content (AvgIpc) is 2.37. The van der Waals surface area contributed by atoms with Crippen molar-refractivity contribution < 1.29 is 9.53 Å². The third kappa shape index (κ3) is 4.06. The first-order chi connectivity index (χ1) is 8.58. The van der Waals surface area contributed by atoms with Crippen LogP contribution in [0.15, 0.2) is 24.3 Å². The summed E-state index contributed by atoms with van der Waals surface area (Å²) < 4.78 is 4.80. The van der Waals surface area contributed by atoms with Crippen LogP contribution >= 0.6 is 11.6 Å². The van der Waals surface area contributed by atoms with Crippen molar-refractivity contribution in [2.45, 2.75) is 12.5 Å². The minimum Gasteiger partial charge on any atom is -0.468 e. The lowest BCUT2D eigenvalue weighted by atomic mass is 10.1. The van der Waals surface area contributed by atoms with Crippen LogP contribution in [0.25, 0.3) is 0 Å². The van der Waals surface area contributed by atoms with Crippen LogP contribution in [-0.2, 0) is 16.0 Å². The highest BCUT2D eigenvalue weighted by Crippen LogP contribution is 2.13. The number of terminal acetylenes is 1. The van der Waals surface area contributed by atoms with Crippen LogP contribution in [0.5, 0.6) is 0 Å². The SMILES string of the molecule is C#CCN(C)[C@@H](Cc1ccc(Cl)cc1)C(=O)OC. The van der Waals surface area contributed by atoms with Gasteiger partial charge in [-0.2, -0.15) is 0 Å². The lowest BCUT2D eigenvalue weighted by molar-refractivity contribution is -0.146. The third-order valence-electron chi connectivity index (χ3n) is 2.69. The van der Waals surface area contributed by atoms with E-state index in [0.29, 0.717) is 18.0 Å². The van der Waals surface area contributed by atoms with Gasteiger partial charge in [0.1, 0.15) is 6.04 Å². The molecule has 0 spiro atoms. The first kappa shape index (κ1) is 14.6. The molecule has 1 aromatic rings. The highest BCUT2D eigenvalue weighted by atomic mass is 35.5. The normalized spacial score (nSPS) is 11.9. The molecular formula is C14H16ClNO2. The van der Waals surface area contributed by atoms with E-state index < -0.39 is 0 Å². The zero-order valence-electron chi connectivity index (χ0n) is 10.5. The molecule has 0 radical (unpaired) electrons. The molecule has 0 unspecified atom stereocenters. The predicted octanol–water partition coefficient (Wildman–Crippen LogP) is 1.99. The van der Waals surface area contributed by atoms with Crippen molar-refractivity contribution in [1.82, 2.24) is 4.90 Å². The smallest absolute Gasteiger partial charge is 0.323 e. The van der Waals surface area contributed by atoms with Gasteiger partial charge in [-0.15, -0.1) is 6.42 Å². The number of carbonyl (C=O) groups is 1. The lowest BCUT2D eigenvalue weighted by Gasteiger charge is -2.24. The van der Waals surface area contributed by atoms with Gasteiger partial charge in [-0.3, -0.25) is 9.69 Å². The largest absolute Gasteiger partial charge is 0.468 e. The number of hydrogen-bond acceptors (Lipinski definition) is 3. The molecule has 0 amide bonds. The molecule has 18 heavy (non-hydrogen) atoms. The lowest BCUT2D eigenvalue weighted by Crippen LogP contribution is -2.41. The molecule has 0 saturated heterocycles. The van der Waals surface area contributed by atoms with Gasteiger partial charge < -0.3 is 4.74 Å². The Morgan fingerprint density at radius 2 is 2.11 bits per heavy atom. The number of benzene rings is 1. The van der Waals surface area contributed by atoms with E-state index in [1.165, 1.54) is 7.11 Å². The van der Waals surface area contributed by atoms with E-state index >= 15 is 0 Å². The summed E-state index contributed by atoms with van der Waals surface area (Å²) in [5.41, 5.74) is 1.01. The van der Waals surface area contributed by atoms with Crippen LogP contribution in [-0.4, -0.2) is 37.6 Å². The summed E-state index contributed by atoms with van der Waals surface area (Å²) in [6, 6.07) is 7.00. The number of ether oxygens (including phenoxy) is 1. The van der Waals surface area contributed by atoms with Gasteiger partial charge in [-0.1, -0.05) is 29.7 Å². The van der Waals surface area contributed by atoms with Gasteiger partial charge in [0.25, 0.3) is 0 Å². The summed E-state index contributed by atoms with van der Waals surface area (Å²) in [4.78, 5) is 13.5. The van der Waals surface area contributed by atoms with Gasteiger partial charge in [0.05, 0.1) is 13.7 Å². The Hall–Kier alpha value is -1.50. The fourth-order valence-corrected chi connectivity index (χ4v) is 1.78. The minimum absolute atomic E-state index is 0.289. The maximum absolute atomic E-state index is 11.7. The van der Waals surface area contributed by atoms with E-state index in [2.05, 4.69) is 5.92 Å². The van der Waals surface area contributed by atoms with Gasteiger partial charge in [0.2, 0.25) is 0 Å². The standard InChI is InChI=1S/C14H16ClNO2/c1-4-9-16(2)13(14(17)18-3)10-11-5-7-12(15)8-6-11/h1,5-8,13H,9-10H2,2-3H3/t13-/m0/s1. The van der Waals surface area contributed by atoms with Crippen LogP contribution in [0, 0.1) is 12.3 Å². The van der Waals surface area contributed by atoms with Gasteiger partial charge in [0.15, 0.2) is 0 Å². The Morgan fingerprint density at radius 1 is 1.50 bits per heavy atom. The predicted molar refractivity (Wildman–Crippen MR) is 72.4 cm³/mol. The van der Waals surface area contributed by atoms with Crippen LogP contribution < -0.4 is 0 Å². The monoisotopic (exact) mass is 265 g/mol. The number of halogens is 1. The molecule has 1 rings (SSSR count). The molecule has 0 N–H and O–H groups in total. The van der Waals surface area contributed by atoms with Gasteiger partial charge in [-0.05, 0) is 31.2 Å². The molecule has 0 fully saturated rings. The minimum atomic E-state index is -0.382. The zero-order chi connectivity index (χ0) is 13.5. The number of likely N-dealkylation sites (N-methyl/N-ethyl adjacent to an activating group) is 1. The van der Waals surface area contributed by atoms with E-state index in [1.807, 2.05) is 12.1 Å². The van der Waals surface area contributed by atoms with Crippen molar-refractivity contribution in [1.29, 1.82) is 0 Å². The van der Waals surface area contributed by atoms with Crippen molar-refractivity contribution in [3.8, 4) is 12.3 Å². The number of carbonyl (C=O) groups excluding carboxylic acids is 1. The molecule has 0 aliphatic rings. The Morgan fingerprint density at radius 3 is 2.61 bits per heavy atom. The first-order valence-corrected chi connectivity index (χ1v) is 5.92. The van der Waals surface area contributed by atoms with Crippen molar-refractivity contribution in [2.24, 2.45) is 0 Å². The quantitative estimate of drug-likeness (QED) is 0.602. The molecule has 0 aliphatic heterocycles. The van der Waals surface area contributed by atoms with E-state index in [-0.39, 0.29) is 12.0 Å². The van der Waals surface area contributed by atoms with Crippen LogP contribution in [0.3, 0.4) is 0 Å². The molecule has 0 bridgehead atoms. The maximum atomic E-state index is 11.7. The average molecular weight is 266 g/mol. The zero-order valence-corrected chi connectivity index (χ0v) is 11.3. The van der Waals surface area contributed by atoms with Gasteiger partial charge in [-0.25, -0.2) is 0 Å². The number of nitrogens with zero attached hydrogens (tertiary/aromatic N) is 1. The molecule has 3 nitrogen and oxygen atoms in total. The van der Waals surface area contributed by atoms with Gasteiger partial charge >= 0.3 is 5.97 Å². The van der Waals surface area contributed by atoms with E-state index in [9.17, 15) is 4.79 Å². The summed E-state index contributed by atoms with van der Waals surface area (Å²) in [5, 5.41) is 0.672. The summed E-state index contributed by atoms with van der Waals surface area (Å²) in [5.74, 6) is 2.23. The molecule has 0 aromatic heterocycles. The highest BCUT2D eigenvalue weighted by molar-refractivity contribution is 6.30. The first-order valence-electron chi connectivity index (χ1n) is 5.54. The fraction of sp³-hybridized carbons (Fsp3) is 0.357. The molecule has 1 atom stereocenters. The number of hydrogen-bond donors (Lipinski definition) is 0. The molecule has 0 aliphatic carbocycles. The number of methoxy groups -OCH3 is 1. The summed E-state index contributed by atoms with van der Waals surface area (Å²) in [7, 11) is 3.18. The van der Waals surface area contributed by atoms with Crippen molar-refractivity contribution in [3.05, 3.63) is 34.9 Å². The summed E-state index contributed by atoms with van der Waals surface area (Å²) in [6.07, 6.45) is 5.80. The molecule has 0 saturated carbocycles. The molecule has 1 aromatic carbocycles.